The Kier molecular flexibility index (Phi) is 11.7. The number of rotatable bonds is 16. The molecule has 5 rings (SSSR count). The minimum absolute atomic E-state index is 0.222. The van der Waals surface area contributed by atoms with Crippen molar-refractivity contribution >= 4 is 11.8 Å². The van der Waals surface area contributed by atoms with E-state index in [1.165, 1.54) is 4.90 Å². The summed E-state index contributed by atoms with van der Waals surface area (Å²) in [7, 11) is 0. The van der Waals surface area contributed by atoms with E-state index in [0.29, 0.717) is 50.5 Å². The van der Waals surface area contributed by atoms with Crippen molar-refractivity contribution < 1.29 is 38.4 Å². The van der Waals surface area contributed by atoms with Crippen molar-refractivity contribution in [1.82, 2.24) is 4.90 Å². The highest BCUT2D eigenvalue weighted by molar-refractivity contribution is 6.21. The molecule has 2 aliphatic heterocycles. The number of carbonyl (C=O) groups is 2. The molecule has 9 nitrogen and oxygen atoms in total. The largest absolute Gasteiger partial charge is 0.385 e. The Morgan fingerprint density at radius 3 is 1.89 bits per heavy atom. The maximum absolute atomic E-state index is 12.6. The van der Waals surface area contributed by atoms with Gasteiger partial charge in [0.05, 0.1) is 30.9 Å². The van der Waals surface area contributed by atoms with Crippen molar-refractivity contribution in [3.63, 3.8) is 0 Å². The van der Waals surface area contributed by atoms with E-state index in [1.54, 1.807) is 24.3 Å². The van der Waals surface area contributed by atoms with Gasteiger partial charge in [0, 0.05) is 19.8 Å². The molecule has 9 heteroatoms. The number of imide groups is 1. The number of amides is 2. The molecule has 0 saturated carbocycles. The fourth-order valence-corrected chi connectivity index (χ4v) is 5.55. The number of hydrogen-bond donors (Lipinski definition) is 1. The topological polar surface area (TPSA) is 104 Å². The van der Waals surface area contributed by atoms with Crippen molar-refractivity contribution in [2.75, 3.05) is 26.4 Å². The van der Waals surface area contributed by atoms with Crippen LogP contribution in [0.1, 0.15) is 58.0 Å². The van der Waals surface area contributed by atoms with Crippen molar-refractivity contribution in [2.45, 2.75) is 70.1 Å². The van der Waals surface area contributed by atoms with E-state index in [2.05, 4.69) is 0 Å². The first-order valence-corrected chi connectivity index (χ1v) is 15.4. The van der Waals surface area contributed by atoms with Crippen LogP contribution in [0.15, 0.2) is 84.9 Å². The molecule has 3 aromatic rings. The van der Waals surface area contributed by atoms with Crippen LogP contribution in [0.2, 0.25) is 0 Å². The second-order valence-electron chi connectivity index (χ2n) is 11.0. The summed E-state index contributed by atoms with van der Waals surface area (Å²) in [5.74, 6) is -0.458. The summed E-state index contributed by atoms with van der Waals surface area (Å²) < 4.78 is 30.6. The second-order valence-corrected chi connectivity index (χ2v) is 11.0. The quantitative estimate of drug-likeness (QED) is 0.185. The Morgan fingerprint density at radius 1 is 0.727 bits per heavy atom. The molecular weight excluding hydrogens is 562 g/mol. The number of unbranched alkanes of at least 4 members (excludes halogenated alkanes) is 2. The third-order valence-corrected chi connectivity index (χ3v) is 7.85. The normalized spacial score (nSPS) is 23.2. The molecule has 2 heterocycles. The summed E-state index contributed by atoms with van der Waals surface area (Å²) in [5, 5.41) is 11.2. The van der Waals surface area contributed by atoms with Gasteiger partial charge in [0.15, 0.2) is 6.29 Å². The van der Waals surface area contributed by atoms with Gasteiger partial charge in [0.1, 0.15) is 24.4 Å². The summed E-state index contributed by atoms with van der Waals surface area (Å²) in [6.45, 7) is 3.89. The van der Waals surface area contributed by atoms with Crippen LogP contribution in [0.4, 0.5) is 0 Å². The molecule has 1 saturated heterocycles. The third-order valence-electron chi connectivity index (χ3n) is 7.85. The van der Waals surface area contributed by atoms with Gasteiger partial charge in [-0.05, 0) is 49.4 Å². The summed E-state index contributed by atoms with van der Waals surface area (Å²) >= 11 is 0. The smallest absolute Gasteiger partial charge is 0.261 e. The number of benzene rings is 3. The molecule has 0 aromatic heterocycles. The van der Waals surface area contributed by atoms with Crippen LogP contribution in [-0.4, -0.2) is 78.9 Å². The van der Waals surface area contributed by atoms with Crippen LogP contribution < -0.4 is 0 Å². The lowest BCUT2D eigenvalue weighted by Gasteiger charge is -2.44. The molecule has 0 aliphatic carbocycles. The minimum atomic E-state index is -1.06. The number of nitrogens with zero attached hydrogens (tertiary/aromatic N) is 1. The van der Waals surface area contributed by atoms with E-state index in [-0.39, 0.29) is 18.4 Å². The maximum Gasteiger partial charge on any atom is 0.261 e. The average molecular weight is 604 g/mol. The summed E-state index contributed by atoms with van der Waals surface area (Å²) in [6.07, 6.45) is -1.59. The first kappa shape index (κ1) is 32.0. The van der Waals surface area contributed by atoms with Crippen LogP contribution in [0.5, 0.6) is 0 Å². The fourth-order valence-electron chi connectivity index (χ4n) is 5.55. The van der Waals surface area contributed by atoms with E-state index in [9.17, 15) is 14.7 Å². The molecule has 2 amide bonds. The Balaban J connectivity index is 1.15. The zero-order chi connectivity index (χ0) is 30.7. The number of aliphatic hydroxyl groups excluding tert-OH is 1. The van der Waals surface area contributed by atoms with Crippen molar-refractivity contribution in [2.24, 2.45) is 0 Å². The van der Waals surface area contributed by atoms with Gasteiger partial charge in [-0.15, -0.1) is 0 Å². The number of ether oxygens (including phenoxy) is 5. The lowest BCUT2D eigenvalue weighted by atomic mass is 9.98. The maximum atomic E-state index is 12.6. The van der Waals surface area contributed by atoms with Crippen LogP contribution in [0, 0.1) is 0 Å². The van der Waals surface area contributed by atoms with Crippen LogP contribution in [-0.2, 0) is 36.9 Å². The predicted octanol–water partition coefficient (Wildman–Crippen LogP) is 4.76. The fraction of sp³-hybridized carbons (Fsp3) is 0.429. The summed E-state index contributed by atoms with van der Waals surface area (Å²) in [5.41, 5.74) is 2.92. The standard InChI is InChI=1S/C35H41NO8/c1-2-41-35-30(37)32(43-23-26-16-8-4-9-17-26)31(42-22-25-14-6-3-7-15-25)29(44-35)24-40-21-13-5-12-20-36-33(38)27-18-10-11-19-28(27)34(36)39/h3-4,6-11,14-19,29-32,35,37H,2,5,12-13,20-24H2,1H3/t29-,30-,31-,32-,35-/m1/s1. The lowest BCUT2D eigenvalue weighted by Crippen LogP contribution is -2.61. The molecule has 234 valence electrons. The van der Waals surface area contributed by atoms with Gasteiger partial charge in [-0.3, -0.25) is 14.5 Å². The number of carbonyl (C=O) groups excluding carboxylic acids is 2. The molecule has 2 aliphatic rings. The van der Waals surface area contributed by atoms with E-state index in [1.807, 2.05) is 67.6 Å². The van der Waals surface area contributed by atoms with Crippen molar-refractivity contribution in [3.05, 3.63) is 107 Å². The Bertz CT molecular complexity index is 1300. The zero-order valence-corrected chi connectivity index (χ0v) is 25.1. The van der Waals surface area contributed by atoms with E-state index >= 15 is 0 Å². The Hall–Kier alpha value is -3.44. The molecule has 3 aromatic carbocycles. The molecule has 0 radical (unpaired) electrons. The minimum Gasteiger partial charge on any atom is -0.385 e. The SMILES string of the molecule is CCO[C@@H]1O[C@H](COCCCCCN2C(=O)c3ccccc3C2=O)[C@@H](OCc2ccccc2)[C@H](OCc2ccccc2)[C@H]1O. The van der Waals surface area contributed by atoms with Gasteiger partial charge in [-0.25, -0.2) is 0 Å². The Labute approximate surface area is 258 Å². The van der Waals surface area contributed by atoms with E-state index in [0.717, 1.165) is 24.0 Å². The number of hydrogen-bond acceptors (Lipinski definition) is 8. The Morgan fingerprint density at radius 2 is 1.30 bits per heavy atom. The summed E-state index contributed by atoms with van der Waals surface area (Å²) in [6, 6.07) is 26.5. The van der Waals surface area contributed by atoms with Crippen LogP contribution in [0.25, 0.3) is 0 Å². The molecule has 0 bridgehead atoms. The monoisotopic (exact) mass is 603 g/mol. The molecule has 0 spiro atoms. The molecular formula is C35H41NO8. The van der Waals surface area contributed by atoms with Crippen LogP contribution in [0.3, 0.4) is 0 Å². The highest BCUT2D eigenvalue weighted by Gasteiger charge is 2.47. The molecule has 1 N–H and O–H groups in total. The van der Waals surface area contributed by atoms with Gasteiger partial charge in [-0.2, -0.15) is 0 Å². The summed E-state index contributed by atoms with van der Waals surface area (Å²) in [4.78, 5) is 26.5. The molecule has 5 atom stereocenters. The first-order chi connectivity index (χ1) is 21.6. The number of fused-ring (bicyclic) bond motifs is 1. The average Bonchev–Trinajstić information content (AvgIpc) is 3.30. The molecule has 0 unspecified atom stereocenters. The highest BCUT2D eigenvalue weighted by atomic mass is 16.7. The third kappa shape index (κ3) is 7.98. The van der Waals surface area contributed by atoms with E-state index < -0.39 is 30.7 Å². The molecule has 44 heavy (non-hydrogen) atoms. The van der Waals surface area contributed by atoms with Gasteiger partial charge < -0.3 is 28.8 Å². The lowest BCUT2D eigenvalue weighted by molar-refractivity contribution is -0.317. The van der Waals surface area contributed by atoms with Crippen LogP contribution >= 0.6 is 0 Å². The van der Waals surface area contributed by atoms with Gasteiger partial charge in [0.25, 0.3) is 11.8 Å². The van der Waals surface area contributed by atoms with Gasteiger partial charge in [0.2, 0.25) is 0 Å². The molecule has 1 fully saturated rings. The van der Waals surface area contributed by atoms with Crippen molar-refractivity contribution in [3.8, 4) is 0 Å². The second kappa shape index (κ2) is 16.0. The first-order valence-electron chi connectivity index (χ1n) is 15.4. The predicted molar refractivity (Wildman–Crippen MR) is 163 cm³/mol. The zero-order valence-electron chi connectivity index (χ0n) is 25.1. The van der Waals surface area contributed by atoms with Gasteiger partial charge in [-0.1, -0.05) is 72.8 Å². The number of aliphatic hydroxyl groups is 1. The van der Waals surface area contributed by atoms with Crippen molar-refractivity contribution in [1.29, 1.82) is 0 Å². The highest BCUT2D eigenvalue weighted by Crippen LogP contribution is 2.29. The van der Waals surface area contributed by atoms with E-state index in [4.69, 9.17) is 23.7 Å². The van der Waals surface area contributed by atoms with Gasteiger partial charge >= 0.3 is 0 Å².